The largest absolute Gasteiger partial charge is 0.340 e. The third kappa shape index (κ3) is 4.42. The molecule has 0 bridgehead atoms. The molecule has 3 rings (SSSR count). The molecule has 2 N–H and O–H groups in total. The Balaban J connectivity index is 1.77. The van der Waals surface area contributed by atoms with Crippen LogP contribution in [-0.2, 0) is 0 Å². The Kier molecular flexibility index (Phi) is 5.62. The van der Waals surface area contributed by atoms with Crippen LogP contribution in [0.5, 0.6) is 0 Å². The maximum atomic E-state index is 14.1. The Morgan fingerprint density at radius 1 is 1.00 bits per heavy atom. The van der Waals surface area contributed by atoms with Gasteiger partial charge in [0.1, 0.15) is 23.8 Å². The van der Waals surface area contributed by atoms with Gasteiger partial charge in [0.25, 0.3) is 0 Å². The van der Waals surface area contributed by atoms with Crippen LogP contribution in [0.4, 0.5) is 45.4 Å². The number of amides is 2. The van der Waals surface area contributed by atoms with E-state index in [9.17, 15) is 22.4 Å². The minimum Gasteiger partial charge on any atom is -0.340 e. The van der Waals surface area contributed by atoms with Crippen LogP contribution in [-0.4, -0.2) is 23.0 Å². The summed E-state index contributed by atoms with van der Waals surface area (Å²) in [6, 6.07) is 6.69. The Morgan fingerprint density at radius 2 is 1.69 bits per heavy atom. The zero-order valence-electron chi connectivity index (χ0n) is 15.3. The van der Waals surface area contributed by atoms with E-state index in [1.54, 1.807) is 0 Å². The molecular weight excluding hydrogens is 390 g/mol. The molecule has 0 atom stereocenters. The summed E-state index contributed by atoms with van der Waals surface area (Å²) in [6.45, 7) is 1.06. The first-order valence-electron chi connectivity index (χ1n) is 8.29. The fourth-order valence-corrected chi connectivity index (χ4v) is 2.40. The van der Waals surface area contributed by atoms with E-state index in [1.165, 1.54) is 43.7 Å². The Hall–Kier alpha value is -3.69. The first-order chi connectivity index (χ1) is 13.8. The summed E-state index contributed by atoms with van der Waals surface area (Å²) in [5.41, 5.74) is -0.491. The van der Waals surface area contributed by atoms with Gasteiger partial charge in [-0.1, -0.05) is 0 Å². The molecule has 2 amide bonds. The van der Waals surface area contributed by atoms with Crippen LogP contribution in [0.3, 0.4) is 0 Å². The molecule has 1 heterocycles. The number of aromatic nitrogens is 2. The highest BCUT2D eigenvalue weighted by atomic mass is 19.2. The molecule has 0 saturated heterocycles. The number of nitrogens with zero attached hydrogens (tertiary/aromatic N) is 3. The van der Waals surface area contributed by atoms with Gasteiger partial charge >= 0.3 is 6.03 Å². The maximum Gasteiger partial charge on any atom is 0.327 e. The molecule has 0 aliphatic carbocycles. The van der Waals surface area contributed by atoms with Crippen molar-refractivity contribution in [3.8, 4) is 0 Å². The van der Waals surface area contributed by atoms with Crippen molar-refractivity contribution < 1.29 is 22.4 Å². The highest BCUT2D eigenvalue weighted by Crippen LogP contribution is 2.24. The number of nitrogens with one attached hydrogen (secondary N) is 2. The van der Waals surface area contributed by atoms with E-state index in [-0.39, 0.29) is 5.82 Å². The molecule has 0 radical (unpaired) electrons. The van der Waals surface area contributed by atoms with Gasteiger partial charge in [0.2, 0.25) is 0 Å². The van der Waals surface area contributed by atoms with E-state index in [0.717, 1.165) is 11.8 Å². The monoisotopic (exact) mass is 405 g/mol. The van der Waals surface area contributed by atoms with Crippen molar-refractivity contribution in [3.05, 3.63) is 71.6 Å². The van der Waals surface area contributed by atoms with Crippen LogP contribution in [0, 0.1) is 30.2 Å². The van der Waals surface area contributed by atoms with Gasteiger partial charge in [0.05, 0.1) is 5.69 Å². The minimum atomic E-state index is -1.32. The topological polar surface area (TPSA) is 70.2 Å². The fraction of sp³-hybridized carbons (Fsp3) is 0.105. The van der Waals surface area contributed by atoms with Crippen molar-refractivity contribution in [1.29, 1.82) is 0 Å². The Morgan fingerprint density at radius 3 is 2.38 bits per heavy atom. The second kappa shape index (κ2) is 8.13. The Labute approximate surface area is 163 Å². The molecule has 0 unspecified atom stereocenters. The highest BCUT2D eigenvalue weighted by Gasteiger charge is 2.19. The molecule has 0 aliphatic heterocycles. The van der Waals surface area contributed by atoms with Crippen molar-refractivity contribution in [2.45, 2.75) is 6.92 Å². The van der Waals surface area contributed by atoms with E-state index in [4.69, 9.17) is 0 Å². The normalized spacial score (nSPS) is 10.6. The lowest BCUT2D eigenvalue weighted by Gasteiger charge is -2.18. The van der Waals surface area contributed by atoms with Gasteiger partial charge in [-0.25, -0.2) is 32.3 Å². The van der Waals surface area contributed by atoms with Crippen LogP contribution < -0.4 is 15.5 Å². The molecule has 1 aromatic heterocycles. The fourth-order valence-electron chi connectivity index (χ4n) is 2.40. The van der Waals surface area contributed by atoms with Gasteiger partial charge in [-0.3, -0.25) is 4.90 Å². The molecule has 29 heavy (non-hydrogen) atoms. The van der Waals surface area contributed by atoms with Crippen molar-refractivity contribution >= 4 is 29.0 Å². The molecule has 10 heteroatoms. The molecular formula is C19H15F4N5O. The number of halogens is 4. The van der Waals surface area contributed by atoms with Gasteiger partial charge in [-0.2, -0.15) is 0 Å². The Bertz CT molecular complexity index is 1060. The highest BCUT2D eigenvalue weighted by molar-refractivity contribution is 6.01. The number of hydrogen-bond acceptors (Lipinski definition) is 4. The summed E-state index contributed by atoms with van der Waals surface area (Å²) in [7, 11) is 1.35. The molecule has 0 aliphatic rings. The lowest BCUT2D eigenvalue weighted by molar-refractivity contribution is 0.257. The lowest BCUT2D eigenvalue weighted by atomic mass is 10.2. The van der Waals surface area contributed by atoms with Gasteiger partial charge in [-0.15, -0.1) is 0 Å². The number of benzene rings is 2. The summed E-state index contributed by atoms with van der Waals surface area (Å²) < 4.78 is 54.0. The summed E-state index contributed by atoms with van der Waals surface area (Å²) in [4.78, 5) is 21.4. The molecule has 150 valence electrons. The number of hydrogen-bond donors (Lipinski definition) is 2. The second-order valence-electron chi connectivity index (χ2n) is 6.04. The van der Waals surface area contributed by atoms with E-state index < -0.39 is 40.6 Å². The smallest absolute Gasteiger partial charge is 0.327 e. The summed E-state index contributed by atoms with van der Waals surface area (Å²) in [6.07, 6.45) is 1.19. The number of carbonyl (C=O) groups excluding carboxylic acids is 1. The zero-order valence-corrected chi connectivity index (χ0v) is 15.3. The minimum absolute atomic E-state index is 0.141. The van der Waals surface area contributed by atoms with E-state index in [2.05, 4.69) is 20.6 Å². The van der Waals surface area contributed by atoms with Gasteiger partial charge in [0.15, 0.2) is 17.5 Å². The average Bonchev–Trinajstić information content (AvgIpc) is 2.71. The van der Waals surface area contributed by atoms with E-state index in [1.807, 2.05) is 0 Å². The quantitative estimate of drug-likeness (QED) is 0.485. The van der Waals surface area contributed by atoms with Gasteiger partial charge < -0.3 is 10.6 Å². The molecule has 2 aromatic carbocycles. The van der Waals surface area contributed by atoms with Crippen molar-refractivity contribution in [3.63, 3.8) is 0 Å². The predicted molar refractivity (Wildman–Crippen MR) is 100 cm³/mol. The number of urea groups is 1. The summed E-state index contributed by atoms with van der Waals surface area (Å²) in [5, 5.41) is 5.09. The molecule has 6 nitrogen and oxygen atoms in total. The van der Waals surface area contributed by atoms with Crippen molar-refractivity contribution in [1.82, 2.24) is 9.97 Å². The molecule has 0 fully saturated rings. The first-order valence-corrected chi connectivity index (χ1v) is 8.29. The van der Waals surface area contributed by atoms with Crippen LogP contribution in [0.2, 0.25) is 0 Å². The van der Waals surface area contributed by atoms with Crippen molar-refractivity contribution in [2.75, 3.05) is 22.6 Å². The van der Waals surface area contributed by atoms with Crippen LogP contribution in [0.15, 0.2) is 42.7 Å². The number of rotatable bonds is 4. The zero-order chi connectivity index (χ0) is 21.1. The van der Waals surface area contributed by atoms with Crippen LogP contribution in [0.25, 0.3) is 0 Å². The molecule has 0 spiro atoms. The SMILES string of the molecule is Cc1c(F)c(F)cc(NC(=O)N(C)c2cc(Nc3ccc(F)cc3)ncn2)c1F. The van der Waals surface area contributed by atoms with E-state index >= 15 is 0 Å². The lowest BCUT2D eigenvalue weighted by Crippen LogP contribution is -2.32. The standard InChI is InChI=1S/C19H15F4N5O/c1-10-17(22)13(21)7-14(18(10)23)27-19(29)28(2)16-8-15(24-9-25-16)26-12-5-3-11(20)4-6-12/h3-9H,1-2H3,(H,27,29)(H,24,25,26). The molecule has 0 saturated carbocycles. The summed E-state index contributed by atoms with van der Waals surface area (Å²) >= 11 is 0. The third-order valence-corrected chi connectivity index (χ3v) is 4.03. The first kappa shape index (κ1) is 20.1. The number of anilines is 4. The van der Waals surface area contributed by atoms with E-state index in [0.29, 0.717) is 17.6 Å². The maximum absolute atomic E-state index is 14.1. The molecule has 3 aromatic rings. The van der Waals surface area contributed by atoms with Crippen molar-refractivity contribution in [2.24, 2.45) is 0 Å². The number of carbonyl (C=O) groups is 1. The van der Waals surface area contributed by atoms with Gasteiger partial charge in [-0.05, 0) is 31.2 Å². The van der Waals surface area contributed by atoms with Crippen LogP contribution >= 0.6 is 0 Å². The average molecular weight is 405 g/mol. The van der Waals surface area contributed by atoms with Crippen LogP contribution in [0.1, 0.15) is 5.56 Å². The summed E-state index contributed by atoms with van der Waals surface area (Å²) in [5.74, 6) is -3.61. The second-order valence-corrected chi connectivity index (χ2v) is 6.04. The van der Waals surface area contributed by atoms with Gasteiger partial charge in [0, 0.05) is 30.4 Å². The third-order valence-electron chi connectivity index (χ3n) is 4.03. The predicted octanol–water partition coefficient (Wildman–Crippen LogP) is 4.75.